The molecule has 0 heterocycles. The molecule has 2 N–H and O–H groups in total. The molecule has 0 aliphatic heterocycles. The molecule has 3 aromatic rings. The van der Waals surface area contributed by atoms with Crippen LogP contribution in [0.15, 0.2) is 72.0 Å². The first-order valence-corrected chi connectivity index (χ1v) is 14.0. The first kappa shape index (κ1) is 32.7. The molecule has 45 heavy (non-hydrogen) atoms. The van der Waals surface area contributed by atoms with Crippen molar-refractivity contribution in [1.82, 2.24) is 5.32 Å². The number of urea groups is 1. The number of ether oxygens (including phenoxy) is 4. The van der Waals surface area contributed by atoms with Gasteiger partial charge in [-0.2, -0.15) is 18.4 Å². The largest absolute Gasteiger partial charge is 0.498 e. The van der Waals surface area contributed by atoms with Crippen LogP contribution in [0.3, 0.4) is 0 Å². The zero-order chi connectivity index (χ0) is 32.7. The number of carbonyl (C=O) groups excluding carboxylic acids is 2. The van der Waals surface area contributed by atoms with Gasteiger partial charge >= 0.3 is 12.2 Å². The van der Waals surface area contributed by atoms with E-state index < -0.39 is 23.8 Å². The van der Waals surface area contributed by atoms with Gasteiger partial charge < -0.3 is 29.6 Å². The van der Waals surface area contributed by atoms with Crippen LogP contribution in [0.1, 0.15) is 54.0 Å². The smallest absolute Gasteiger partial charge is 0.416 e. The van der Waals surface area contributed by atoms with Crippen molar-refractivity contribution in [3.63, 3.8) is 0 Å². The van der Waals surface area contributed by atoms with E-state index in [9.17, 15) is 28.0 Å². The number of methoxy groups -OCH3 is 3. The number of allylic oxidation sites excluding steroid dienone is 1. The Bertz CT molecular complexity index is 1600. The topological polar surface area (TPSA) is 119 Å². The van der Waals surface area contributed by atoms with E-state index >= 15 is 0 Å². The number of carbonyl (C=O) groups is 2. The van der Waals surface area contributed by atoms with Gasteiger partial charge in [0, 0.05) is 18.5 Å². The van der Waals surface area contributed by atoms with Gasteiger partial charge in [0.1, 0.15) is 5.76 Å². The number of nitrogens with one attached hydrogen (secondary N) is 2. The lowest BCUT2D eigenvalue weighted by Gasteiger charge is -2.31. The predicted octanol–water partition coefficient (Wildman–Crippen LogP) is 6.90. The van der Waals surface area contributed by atoms with Crippen LogP contribution in [-0.2, 0) is 15.7 Å². The summed E-state index contributed by atoms with van der Waals surface area (Å²) in [6.45, 7) is 1.99. The lowest BCUT2D eigenvalue weighted by molar-refractivity contribution is -0.137. The van der Waals surface area contributed by atoms with E-state index in [4.69, 9.17) is 18.9 Å². The Morgan fingerprint density at radius 2 is 1.67 bits per heavy atom. The minimum Gasteiger partial charge on any atom is -0.498 e. The second-order valence-electron chi connectivity index (χ2n) is 10.1. The average Bonchev–Trinajstić information content (AvgIpc) is 3.03. The summed E-state index contributed by atoms with van der Waals surface area (Å²) in [5, 5.41) is 14.5. The standard InChI is InChI=1S/C33H32F3N3O6/c1-5-45-26-14-21(22-15-27(42-2)31(44-4)28(16-22)43-3)13-25(40)29(26)30(20-11-9-19(18-37)10-12-20)39-32(41)38-24-8-6-7-23(17-24)33(34,35)36/h6-12,15-17,21,30H,5,13-14H2,1-4H3,(H2,38,39,41). The highest BCUT2D eigenvalue weighted by molar-refractivity contribution is 6.00. The van der Waals surface area contributed by atoms with Gasteiger partial charge in [-0.25, -0.2) is 4.79 Å². The van der Waals surface area contributed by atoms with Gasteiger partial charge in [-0.05, 0) is 66.4 Å². The Morgan fingerprint density at radius 3 is 2.22 bits per heavy atom. The second kappa shape index (κ2) is 14.1. The highest BCUT2D eigenvalue weighted by Gasteiger charge is 2.37. The minimum atomic E-state index is -4.60. The van der Waals surface area contributed by atoms with Crippen LogP contribution in [0, 0.1) is 11.3 Å². The highest BCUT2D eigenvalue weighted by Crippen LogP contribution is 2.45. The number of alkyl halides is 3. The third kappa shape index (κ3) is 7.49. The number of benzene rings is 3. The molecule has 1 aliphatic carbocycles. The van der Waals surface area contributed by atoms with Crippen molar-refractivity contribution in [2.45, 2.75) is 37.9 Å². The molecule has 2 unspecified atom stereocenters. The SMILES string of the molecule is CCOC1=C(C(NC(=O)Nc2cccc(C(F)(F)F)c2)c2ccc(C#N)cc2)C(=O)CC(c2cc(OC)c(OC)c(OC)c2)C1. The van der Waals surface area contributed by atoms with Crippen molar-refractivity contribution < 1.29 is 41.7 Å². The van der Waals surface area contributed by atoms with Gasteiger partial charge in [-0.3, -0.25) is 4.79 Å². The Hall–Kier alpha value is -5.18. The van der Waals surface area contributed by atoms with Crippen LogP contribution >= 0.6 is 0 Å². The van der Waals surface area contributed by atoms with Gasteiger partial charge in [0.15, 0.2) is 17.3 Å². The monoisotopic (exact) mass is 623 g/mol. The Kier molecular flexibility index (Phi) is 10.2. The molecule has 2 amide bonds. The molecule has 4 rings (SSSR count). The van der Waals surface area contributed by atoms with Crippen molar-refractivity contribution in [3.8, 4) is 23.3 Å². The molecular weight excluding hydrogens is 591 g/mol. The van der Waals surface area contributed by atoms with E-state index in [-0.39, 0.29) is 42.4 Å². The fraction of sp³-hybridized carbons (Fsp3) is 0.303. The summed E-state index contributed by atoms with van der Waals surface area (Å²) in [4.78, 5) is 27.2. The molecule has 12 heteroatoms. The lowest BCUT2D eigenvalue weighted by atomic mass is 9.79. The molecule has 0 saturated carbocycles. The van der Waals surface area contributed by atoms with Crippen LogP contribution in [0.4, 0.5) is 23.7 Å². The van der Waals surface area contributed by atoms with Crippen LogP contribution < -0.4 is 24.8 Å². The number of ketones is 1. The van der Waals surface area contributed by atoms with Crippen LogP contribution in [-0.4, -0.2) is 39.8 Å². The molecule has 3 aromatic carbocycles. The molecule has 0 spiro atoms. The molecule has 0 bridgehead atoms. The number of hydrogen-bond donors (Lipinski definition) is 2. The molecular formula is C33H32F3N3O6. The molecule has 0 aromatic heterocycles. The number of rotatable bonds is 10. The zero-order valence-corrected chi connectivity index (χ0v) is 25.1. The number of amides is 2. The van der Waals surface area contributed by atoms with E-state index in [1.54, 1.807) is 43.3 Å². The van der Waals surface area contributed by atoms with Gasteiger partial charge in [0.05, 0.1) is 56.7 Å². The van der Waals surface area contributed by atoms with E-state index in [0.29, 0.717) is 34.1 Å². The van der Waals surface area contributed by atoms with Crippen LogP contribution in [0.5, 0.6) is 17.2 Å². The summed E-state index contributed by atoms with van der Waals surface area (Å²) in [6.07, 6.45) is -4.26. The first-order valence-electron chi connectivity index (χ1n) is 14.0. The first-order chi connectivity index (χ1) is 21.5. The van der Waals surface area contributed by atoms with Crippen molar-refractivity contribution in [1.29, 1.82) is 5.26 Å². The number of hydrogen-bond acceptors (Lipinski definition) is 7. The molecule has 0 saturated heterocycles. The van der Waals surface area contributed by atoms with Crippen LogP contribution in [0.2, 0.25) is 0 Å². The Morgan fingerprint density at radius 1 is 1.00 bits per heavy atom. The predicted molar refractivity (Wildman–Crippen MR) is 159 cm³/mol. The normalized spacial score (nSPS) is 15.5. The van der Waals surface area contributed by atoms with E-state index in [0.717, 1.165) is 17.7 Å². The number of halogens is 3. The quantitative estimate of drug-likeness (QED) is 0.252. The molecule has 0 radical (unpaired) electrons. The maximum atomic E-state index is 14.0. The maximum Gasteiger partial charge on any atom is 0.416 e. The third-order valence-corrected chi connectivity index (χ3v) is 7.33. The van der Waals surface area contributed by atoms with Crippen molar-refractivity contribution >= 4 is 17.5 Å². The van der Waals surface area contributed by atoms with Crippen molar-refractivity contribution in [2.24, 2.45) is 0 Å². The van der Waals surface area contributed by atoms with E-state index in [2.05, 4.69) is 10.6 Å². The Labute approximate surface area is 258 Å². The average molecular weight is 624 g/mol. The maximum absolute atomic E-state index is 14.0. The summed E-state index contributed by atoms with van der Waals surface area (Å²) in [7, 11) is 4.48. The fourth-order valence-corrected chi connectivity index (χ4v) is 5.24. The number of nitrogens with zero attached hydrogens (tertiary/aromatic N) is 1. The molecule has 0 fully saturated rings. The van der Waals surface area contributed by atoms with Gasteiger partial charge in [0.25, 0.3) is 0 Å². The summed E-state index contributed by atoms with van der Waals surface area (Å²) >= 11 is 0. The highest BCUT2D eigenvalue weighted by atomic mass is 19.4. The molecule has 1 aliphatic rings. The van der Waals surface area contributed by atoms with Gasteiger partial charge in [-0.1, -0.05) is 18.2 Å². The lowest BCUT2D eigenvalue weighted by Crippen LogP contribution is -2.37. The molecule has 9 nitrogen and oxygen atoms in total. The number of nitriles is 1. The van der Waals surface area contributed by atoms with Crippen molar-refractivity contribution in [3.05, 3.63) is 94.2 Å². The Balaban J connectivity index is 1.73. The number of Topliss-reactive ketones (excluding diaryl/α,β-unsaturated/α-hetero) is 1. The summed E-state index contributed by atoms with van der Waals surface area (Å²) in [5.41, 5.74) is 0.772. The van der Waals surface area contributed by atoms with E-state index in [1.165, 1.54) is 33.5 Å². The molecule has 2 atom stereocenters. The van der Waals surface area contributed by atoms with Crippen LogP contribution in [0.25, 0.3) is 0 Å². The summed E-state index contributed by atoms with van der Waals surface area (Å²) in [6, 6.07) is 14.2. The van der Waals surface area contributed by atoms with E-state index in [1.807, 2.05) is 6.07 Å². The van der Waals surface area contributed by atoms with Gasteiger partial charge in [0.2, 0.25) is 5.75 Å². The third-order valence-electron chi connectivity index (χ3n) is 7.33. The summed E-state index contributed by atoms with van der Waals surface area (Å²) in [5.74, 6) is 0.963. The minimum absolute atomic E-state index is 0.0499. The summed E-state index contributed by atoms with van der Waals surface area (Å²) < 4.78 is 62.2. The van der Waals surface area contributed by atoms with Gasteiger partial charge in [-0.15, -0.1) is 0 Å². The second-order valence-corrected chi connectivity index (χ2v) is 10.1. The number of anilines is 1. The fourth-order valence-electron chi connectivity index (χ4n) is 5.24. The van der Waals surface area contributed by atoms with Crippen molar-refractivity contribution in [2.75, 3.05) is 33.3 Å². The molecule has 236 valence electrons. The zero-order valence-electron chi connectivity index (χ0n) is 25.1.